The minimum Gasteiger partial charge on any atom is -0.486 e. The van der Waals surface area contributed by atoms with Crippen LogP contribution in [0.15, 0.2) is 66.9 Å². The molecule has 5 nitrogen and oxygen atoms in total. The molecule has 0 saturated heterocycles. The number of benzene rings is 2. The highest BCUT2D eigenvalue weighted by molar-refractivity contribution is 5.95. The van der Waals surface area contributed by atoms with E-state index in [1.54, 1.807) is 6.20 Å². The zero-order chi connectivity index (χ0) is 17.3. The van der Waals surface area contributed by atoms with E-state index in [0.29, 0.717) is 13.2 Å². The summed E-state index contributed by atoms with van der Waals surface area (Å²) in [6, 6.07) is 20.2. The summed E-state index contributed by atoms with van der Waals surface area (Å²) in [7, 11) is 0. The maximum absolute atomic E-state index is 5.66. The summed E-state index contributed by atoms with van der Waals surface area (Å²) >= 11 is 0. The Morgan fingerprint density at radius 2 is 1.73 bits per heavy atom. The Bertz CT molecular complexity index is 1070. The molecule has 0 aliphatic carbocycles. The Labute approximate surface area is 150 Å². The van der Waals surface area contributed by atoms with Crippen molar-refractivity contribution in [1.82, 2.24) is 9.97 Å². The van der Waals surface area contributed by atoms with Gasteiger partial charge in [-0.2, -0.15) is 0 Å². The average Bonchev–Trinajstić information content (AvgIpc) is 3.14. The van der Waals surface area contributed by atoms with Gasteiger partial charge in [-0.1, -0.05) is 30.3 Å². The standard InChI is InChI=1S/C21H17N3O2/c1-2-4-14(5-3-1)18-13-16-17(24-18)8-9-22-21(16)23-15-6-7-19-20(12-15)26-11-10-25-19/h1-9,12-13,24H,10-11H2,(H,22,23). The van der Waals surface area contributed by atoms with E-state index in [-0.39, 0.29) is 0 Å². The predicted molar refractivity (Wildman–Crippen MR) is 102 cm³/mol. The van der Waals surface area contributed by atoms with Crippen molar-refractivity contribution in [3.8, 4) is 22.8 Å². The molecule has 1 aliphatic heterocycles. The summed E-state index contributed by atoms with van der Waals surface area (Å²) in [5.41, 5.74) is 4.17. The van der Waals surface area contributed by atoms with Gasteiger partial charge in [-0.05, 0) is 29.8 Å². The summed E-state index contributed by atoms with van der Waals surface area (Å²) in [6.07, 6.45) is 1.80. The zero-order valence-corrected chi connectivity index (χ0v) is 14.0. The minimum atomic E-state index is 0.572. The maximum atomic E-state index is 5.66. The molecule has 2 aromatic heterocycles. The molecule has 0 spiro atoms. The molecule has 0 fully saturated rings. The molecule has 2 aromatic carbocycles. The second kappa shape index (κ2) is 6.11. The van der Waals surface area contributed by atoms with Crippen LogP contribution in [0, 0.1) is 0 Å². The lowest BCUT2D eigenvalue weighted by Crippen LogP contribution is -2.15. The number of nitrogens with zero attached hydrogens (tertiary/aromatic N) is 1. The van der Waals surface area contributed by atoms with Gasteiger partial charge in [0.25, 0.3) is 0 Å². The number of rotatable bonds is 3. The van der Waals surface area contributed by atoms with Gasteiger partial charge in [-0.3, -0.25) is 0 Å². The van der Waals surface area contributed by atoms with E-state index < -0.39 is 0 Å². The molecular weight excluding hydrogens is 326 g/mol. The first kappa shape index (κ1) is 14.8. The first-order chi connectivity index (χ1) is 12.9. The van der Waals surface area contributed by atoms with Gasteiger partial charge in [0, 0.05) is 29.0 Å². The van der Waals surface area contributed by atoms with Crippen molar-refractivity contribution in [2.45, 2.75) is 0 Å². The molecule has 0 atom stereocenters. The Hall–Kier alpha value is -3.47. The normalized spacial score (nSPS) is 12.9. The summed E-state index contributed by atoms with van der Waals surface area (Å²) in [5, 5.41) is 4.44. The molecule has 26 heavy (non-hydrogen) atoms. The molecule has 0 amide bonds. The average molecular weight is 343 g/mol. The molecule has 4 aromatic rings. The largest absolute Gasteiger partial charge is 0.486 e. The number of aromatic nitrogens is 2. The smallest absolute Gasteiger partial charge is 0.163 e. The zero-order valence-electron chi connectivity index (χ0n) is 14.0. The van der Waals surface area contributed by atoms with E-state index in [2.05, 4.69) is 33.5 Å². The monoisotopic (exact) mass is 343 g/mol. The van der Waals surface area contributed by atoms with Crippen molar-refractivity contribution in [2.24, 2.45) is 0 Å². The number of anilines is 2. The molecule has 0 unspecified atom stereocenters. The van der Waals surface area contributed by atoms with Gasteiger partial charge in [-0.15, -0.1) is 0 Å². The number of nitrogens with one attached hydrogen (secondary N) is 2. The molecule has 1 aliphatic rings. The van der Waals surface area contributed by atoms with Crippen molar-refractivity contribution in [2.75, 3.05) is 18.5 Å². The second-order valence-corrected chi connectivity index (χ2v) is 6.15. The third-order valence-corrected chi connectivity index (χ3v) is 4.44. The SMILES string of the molecule is c1ccc(-c2cc3c(Nc4ccc5c(c4)OCCO5)nccc3[nH]2)cc1. The van der Waals surface area contributed by atoms with Crippen molar-refractivity contribution in [1.29, 1.82) is 0 Å². The summed E-state index contributed by atoms with van der Waals surface area (Å²) < 4.78 is 11.2. The van der Waals surface area contributed by atoms with Gasteiger partial charge in [-0.25, -0.2) is 4.98 Å². The lowest BCUT2D eigenvalue weighted by atomic mass is 10.1. The van der Waals surface area contributed by atoms with Gasteiger partial charge >= 0.3 is 0 Å². The van der Waals surface area contributed by atoms with Crippen LogP contribution >= 0.6 is 0 Å². The van der Waals surface area contributed by atoms with Crippen LogP contribution < -0.4 is 14.8 Å². The molecule has 128 valence electrons. The van der Waals surface area contributed by atoms with Crippen LogP contribution in [0.3, 0.4) is 0 Å². The first-order valence-electron chi connectivity index (χ1n) is 8.57. The van der Waals surface area contributed by atoms with Crippen LogP contribution in [0.4, 0.5) is 11.5 Å². The first-order valence-corrected chi connectivity index (χ1v) is 8.57. The predicted octanol–water partition coefficient (Wildman–Crippen LogP) is 4.74. The van der Waals surface area contributed by atoms with Crippen LogP contribution in [0.2, 0.25) is 0 Å². The van der Waals surface area contributed by atoms with Crippen LogP contribution in [-0.2, 0) is 0 Å². The number of hydrogen-bond donors (Lipinski definition) is 2. The van der Waals surface area contributed by atoms with Gasteiger partial charge in [0.1, 0.15) is 19.0 Å². The summed E-state index contributed by atoms with van der Waals surface area (Å²) in [6.45, 7) is 1.16. The topological polar surface area (TPSA) is 59.2 Å². The number of H-pyrrole nitrogens is 1. The Morgan fingerprint density at radius 3 is 2.62 bits per heavy atom. The minimum absolute atomic E-state index is 0.572. The number of fused-ring (bicyclic) bond motifs is 2. The number of pyridine rings is 1. The lowest BCUT2D eigenvalue weighted by molar-refractivity contribution is 0.171. The Morgan fingerprint density at radius 1 is 0.885 bits per heavy atom. The lowest BCUT2D eigenvalue weighted by Gasteiger charge is -2.19. The van der Waals surface area contributed by atoms with Crippen LogP contribution in [0.25, 0.3) is 22.2 Å². The number of ether oxygens (including phenoxy) is 2. The second-order valence-electron chi connectivity index (χ2n) is 6.15. The van der Waals surface area contributed by atoms with Crippen molar-refractivity contribution < 1.29 is 9.47 Å². The summed E-state index contributed by atoms with van der Waals surface area (Å²) in [5.74, 6) is 2.34. The highest BCUT2D eigenvalue weighted by Crippen LogP contribution is 2.35. The fraction of sp³-hybridized carbons (Fsp3) is 0.0952. The summed E-state index contributed by atoms with van der Waals surface area (Å²) in [4.78, 5) is 7.98. The van der Waals surface area contributed by atoms with Crippen LogP contribution in [-0.4, -0.2) is 23.2 Å². The molecule has 0 radical (unpaired) electrons. The quantitative estimate of drug-likeness (QED) is 0.564. The van der Waals surface area contributed by atoms with Gasteiger partial charge in [0.05, 0.1) is 5.52 Å². The van der Waals surface area contributed by atoms with Crippen LogP contribution in [0.1, 0.15) is 0 Å². The van der Waals surface area contributed by atoms with E-state index in [9.17, 15) is 0 Å². The van der Waals surface area contributed by atoms with Crippen molar-refractivity contribution >= 4 is 22.4 Å². The van der Waals surface area contributed by atoms with Gasteiger partial charge in [0.15, 0.2) is 11.5 Å². The van der Waals surface area contributed by atoms with Crippen molar-refractivity contribution in [3.05, 3.63) is 66.9 Å². The van der Waals surface area contributed by atoms with Crippen molar-refractivity contribution in [3.63, 3.8) is 0 Å². The van der Waals surface area contributed by atoms with Gasteiger partial charge in [0.2, 0.25) is 0 Å². The Balaban J connectivity index is 1.52. The number of hydrogen-bond acceptors (Lipinski definition) is 4. The molecular formula is C21H17N3O2. The maximum Gasteiger partial charge on any atom is 0.163 e. The van der Waals surface area contributed by atoms with Gasteiger partial charge < -0.3 is 19.8 Å². The van der Waals surface area contributed by atoms with Crippen LogP contribution in [0.5, 0.6) is 11.5 Å². The molecule has 3 heterocycles. The van der Waals surface area contributed by atoms with E-state index in [0.717, 1.165) is 45.2 Å². The van der Waals surface area contributed by atoms with E-state index >= 15 is 0 Å². The highest BCUT2D eigenvalue weighted by atomic mass is 16.6. The number of aromatic amines is 1. The molecule has 2 N–H and O–H groups in total. The molecule has 5 rings (SSSR count). The Kier molecular flexibility index (Phi) is 3.49. The third kappa shape index (κ3) is 2.63. The fourth-order valence-electron chi connectivity index (χ4n) is 3.18. The van der Waals surface area contributed by atoms with E-state index in [1.165, 1.54) is 0 Å². The molecule has 0 saturated carbocycles. The molecule has 0 bridgehead atoms. The van der Waals surface area contributed by atoms with E-state index in [4.69, 9.17) is 9.47 Å². The third-order valence-electron chi connectivity index (χ3n) is 4.44. The van der Waals surface area contributed by atoms with E-state index in [1.807, 2.05) is 42.5 Å². The highest BCUT2D eigenvalue weighted by Gasteiger charge is 2.13. The fourth-order valence-corrected chi connectivity index (χ4v) is 3.18. The molecule has 5 heteroatoms.